The highest BCUT2D eigenvalue weighted by Gasteiger charge is 2.21. The summed E-state index contributed by atoms with van der Waals surface area (Å²) in [6.45, 7) is 4.36. The maximum atomic E-state index is 12.2. The number of carbonyl (C=O) groups is 1. The summed E-state index contributed by atoms with van der Waals surface area (Å²) in [6.07, 6.45) is 0.950. The van der Waals surface area contributed by atoms with Gasteiger partial charge in [-0.2, -0.15) is 0 Å². The first-order valence-corrected chi connectivity index (χ1v) is 6.76. The third-order valence-corrected chi connectivity index (χ3v) is 3.42. The number of ether oxygens (including phenoxy) is 1. The third-order valence-electron chi connectivity index (χ3n) is 3.42. The van der Waals surface area contributed by atoms with Crippen molar-refractivity contribution in [1.29, 1.82) is 0 Å². The molecular formula is C13H19N3O4. The van der Waals surface area contributed by atoms with Crippen LogP contribution >= 0.6 is 0 Å². The van der Waals surface area contributed by atoms with Crippen LogP contribution in [-0.4, -0.2) is 46.9 Å². The molecule has 1 N–H and O–H groups in total. The molecule has 1 saturated heterocycles. The van der Waals surface area contributed by atoms with E-state index in [0.717, 1.165) is 29.8 Å². The van der Waals surface area contributed by atoms with Crippen LogP contribution in [0, 0.1) is 5.92 Å². The molecule has 0 aromatic carbocycles. The summed E-state index contributed by atoms with van der Waals surface area (Å²) >= 11 is 0. The standard InChI is InChI=1S/C13H19N3O4/c1-2-15(7-10-5-6-20-9-10)13(19)8-16-12(18)4-3-11(17)14-16/h3-4,10H,2,5-9H2,1H3,(H,14,17)/t10-/m0/s1. The van der Waals surface area contributed by atoms with Crippen molar-refractivity contribution in [3.63, 3.8) is 0 Å². The predicted octanol–water partition coefficient (Wildman–Crippen LogP) is -0.578. The van der Waals surface area contributed by atoms with Gasteiger partial charge in [0.1, 0.15) is 6.54 Å². The van der Waals surface area contributed by atoms with Gasteiger partial charge in [-0.3, -0.25) is 19.5 Å². The number of aromatic nitrogens is 2. The van der Waals surface area contributed by atoms with E-state index in [9.17, 15) is 14.4 Å². The molecule has 110 valence electrons. The lowest BCUT2D eigenvalue weighted by Crippen LogP contribution is -2.41. The van der Waals surface area contributed by atoms with E-state index in [2.05, 4.69) is 5.10 Å². The molecule has 2 rings (SSSR count). The van der Waals surface area contributed by atoms with Crippen LogP contribution in [0.1, 0.15) is 13.3 Å². The Morgan fingerprint density at radius 1 is 1.50 bits per heavy atom. The van der Waals surface area contributed by atoms with Gasteiger partial charge in [-0.05, 0) is 13.3 Å². The highest BCUT2D eigenvalue weighted by Crippen LogP contribution is 2.14. The van der Waals surface area contributed by atoms with Gasteiger partial charge in [0.15, 0.2) is 0 Å². The van der Waals surface area contributed by atoms with Crippen LogP contribution in [0.3, 0.4) is 0 Å². The Kier molecular flexibility index (Phi) is 4.73. The van der Waals surface area contributed by atoms with Crippen LogP contribution in [0.15, 0.2) is 21.7 Å². The maximum Gasteiger partial charge on any atom is 0.265 e. The first-order chi connectivity index (χ1) is 9.60. The molecule has 7 nitrogen and oxygen atoms in total. The topological polar surface area (TPSA) is 84.4 Å². The van der Waals surface area contributed by atoms with E-state index in [1.165, 1.54) is 0 Å². The molecular weight excluding hydrogens is 262 g/mol. The van der Waals surface area contributed by atoms with E-state index < -0.39 is 11.1 Å². The lowest BCUT2D eigenvalue weighted by molar-refractivity contribution is -0.132. The van der Waals surface area contributed by atoms with Gasteiger partial charge in [0.25, 0.3) is 11.1 Å². The molecule has 7 heteroatoms. The Balaban J connectivity index is 2.03. The number of rotatable bonds is 5. The van der Waals surface area contributed by atoms with Crippen molar-refractivity contribution in [3.05, 3.63) is 32.8 Å². The molecule has 0 saturated carbocycles. The minimum atomic E-state index is -0.398. The fourth-order valence-electron chi connectivity index (χ4n) is 2.26. The normalized spacial score (nSPS) is 18.1. The van der Waals surface area contributed by atoms with Crippen molar-refractivity contribution in [1.82, 2.24) is 14.7 Å². The van der Waals surface area contributed by atoms with Crippen LogP contribution in [0.5, 0.6) is 0 Å². The van der Waals surface area contributed by atoms with Gasteiger partial charge in [-0.15, -0.1) is 0 Å². The number of amides is 1. The van der Waals surface area contributed by atoms with E-state index in [0.29, 0.717) is 25.6 Å². The molecule has 1 atom stereocenters. The van der Waals surface area contributed by atoms with Crippen molar-refractivity contribution >= 4 is 5.91 Å². The fraction of sp³-hybridized carbons (Fsp3) is 0.615. The molecule has 0 radical (unpaired) electrons. The minimum Gasteiger partial charge on any atom is -0.381 e. The number of hydrogen-bond acceptors (Lipinski definition) is 4. The van der Waals surface area contributed by atoms with E-state index >= 15 is 0 Å². The van der Waals surface area contributed by atoms with Crippen molar-refractivity contribution < 1.29 is 9.53 Å². The average molecular weight is 281 g/mol. The zero-order valence-corrected chi connectivity index (χ0v) is 11.5. The molecule has 1 aromatic heterocycles. The lowest BCUT2D eigenvalue weighted by atomic mass is 10.1. The largest absolute Gasteiger partial charge is 0.381 e. The molecule has 20 heavy (non-hydrogen) atoms. The average Bonchev–Trinajstić information content (AvgIpc) is 2.93. The Bertz CT molecular complexity index is 571. The van der Waals surface area contributed by atoms with Crippen LogP contribution in [0.25, 0.3) is 0 Å². The van der Waals surface area contributed by atoms with E-state index in [4.69, 9.17) is 4.74 Å². The Labute approximate surface area is 116 Å². The fourth-order valence-corrected chi connectivity index (χ4v) is 2.26. The van der Waals surface area contributed by atoms with Gasteiger partial charge in [0.05, 0.1) is 6.61 Å². The van der Waals surface area contributed by atoms with Gasteiger partial charge in [0, 0.05) is 37.7 Å². The number of likely N-dealkylation sites (N-methyl/N-ethyl adjacent to an activating group) is 1. The number of H-pyrrole nitrogens is 1. The van der Waals surface area contributed by atoms with Crippen LogP contribution in [-0.2, 0) is 16.1 Å². The Hall–Kier alpha value is -1.89. The Morgan fingerprint density at radius 3 is 2.95 bits per heavy atom. The minimum absolute atomic E-state index is 0.143. The third kappa shape index (κ3) is 3.57. The summed E-state index contributed by atoms with van der Waals surface area (Å²) in [4.78, 5) is 36.6. The van der Waals surface area contributed by atoms with E-state index in [-0.39, 0.29) is 12.5 Å². The van der Waals surface area contributed by atoms with E-state index in [1.54, 1.807) is 4.90 Å². The predicted molar refractivity (Wildman–Crippen MR) is 72.5 cm³/mol. The zero-order valence-electron chi connectivity index (χ0n) is 11.5. The van der Waals surface area contributed by atoms with Crippen molar-refractivity contribution in [2.24, 2.45) is 5.92 Å². The second-order valence-electron chi connectivity index (χ2n) is 4.90. The first kappa shape index (κ1) is 14.5. The summed E-state index contributed by atoms with van der Waals surface area (Å²) in [5.74, 6) is 0.175. The number of nitrogens with one attached hydrogen (secondary N) is 1. The van der Waals surface area contributed by atoms with Gasteiger partial charge in [-0.1, -0.05) is 0 Å². The molecule has 1 aliphatic heterocycles. The van der Waals surface area contributed by atoms with Crippen LogP contribution < -0.4 is 11.1 Å². The molecule has 1 aliphatic rings. The van der Waals surface area contributed by atoms with Crippen LogP contribution in [0.2, 0.25) is 0 Å². The smallest absolute Gasteiger partial charge is 0.265 e. The highest BCUT2D eigenvalue weighted by molar-refractivity contribution is 5.75. The quantitative estimate of drug-likeness (QED) is 0.782. The maximum absolute atomic E-state index is 12.2. The summed E-state index contributed by atoms with van der Waals surface area (Å²) in [7, 11) is 0. The lowest BCUT2D eigenvalue weighted by Gasteiger charge is -2.23. The molecule has 0 bridgehead atoms. The number of aromatic amines is 1. The molecule has 1 fully saturated rings. The second-order valence-corrected chi connectivity index (χ2v) is 4.90. The van der Waals surface area contributed by atoms with Gasteiger partial charge in [-0.25, -0.2) is 4.68 Å². The van der Waals surface area contributed by atoms with Crippen molar-refractivity contribution in [2.45, 2.75) is 19.9 Å². The summed E-state index contributed by atoms with van der Waals surface area (Å²) in [5, 5.41) is 2.36. The van der Waals surface area contributed by atoms with Crippen molar-refractivity contribution in [2.75, 3.05) is 26.3 Å². The monoisotopic (exact) mass is 281 g/mol. The first-order valence-electron chi connectivity index (χ1n) is 6.76. The molecule has 0 unspecified atom stereocenters. The van der Waals surface area contributed by atoms with Crippen LogP contribution in [0.4, 0.5) is 0 Å². The number of carbonyl (C=O) groups excluding carboxylic acids is 1. The SMILES string of the molecule is CCN(C[C@@H]1CCOC1)C(=O)Cn1[nH]c(=O)ccc1=O. The van der Waals surface area contributed by atoms with Crippen molar-refractivity contribution in [3.8, 4) is 0 Å². The summed E-state index contributed by atoms with van der Waals surface area (Å²) in [6, 6.07) is 2.31. The second kappa shape index (κ2) is 6.51. The molecule has 2 heterocycles. The highest BCUT2D eigenvalue weighted by atomic mass is 16.5. The van der Waals surface area contributed by atoms with E-state index in [1.807, 2.05) is 6.92 Å². The number of hydrogen-bond donors (Lipinski definition) is 1. The van der Waals surface area contributed by atoms with Gasteiger partial charge in [0.2, 0.25) is 5.91 Å². The molecule has 0 spiro atoms. The Morgan fingerprint density at radius 2 is 2.30 bits per heavy atom. The number of nitrogens with zero attached hydrogens (tertiary/aromatic N) is 2. The zero-order chi connectivity index (χ0) is 14.5. The van der Waals surface area contributed by atoms with Gasteiger partial charge >= 0.3 is 0 Å². The summed E-state index contributed by atoms with van der Waals surface area (Å²) < 4.78 is 6.33. The summed E-state index contributed by atoms with van der Waals surface area (Å²) in [5.41, 5.74) is -0.789. The molecule has 1 aromatic rings. The van der Waals surface area contributed by atoms with Gasteiger partial charge < -0.3 is 9.64 Å². The molecule has 0 aliphatic carbocycles. The molecule has 1 amide bonds.